The van der Waals surface area contributed by atoms with Gasteiger partial charge in [-0.3, -0.25) is 0 Å². The number of ether oxygens (including phenoxy) is 1. The van der Waals surface area contributed by atoms with Gasteiger partial charge in [-0.15, -0.1) is 0 Å². The van der Waals surface area contributed by atoms with E-state index in [4.69, 9.17) is 4.74 Å². The van der Waals surface area contributed by atoms with E-state index in [9.17, 15) is 0 Å². The summed E-state index contributed by atoms with van der Waals surface area (Å²) in [4.78, 5) is 0. The molecule has 120 valence electrons. The van der Waals surface area contributed by atoms with Gasteiger partial charge in [-0.2, -0.15) is 0 Å². The van der Waals surface area contributed by atoms with E-state index in [-0.39, 0.29) is 0 Å². The Balaban J connectivity index is 1.61. The fourth-order valence-electron chi connectivity index (χ4n) is 2.62. The smallest absolute Gasteiger partial charge is 0.457 e. The van der Waals surface area contributed by atoms with E-state index in [0.29, 0.717) is 0 Å². The first-order chi connectivity index (χ1) is 12.2. The molecular weight excluding hydrogens is 312 g/mol. The lowest BCUT2D eigenvalue weighted by Crippen LogP contribution is -1.95. The van der Waals surface area contributed by atoms with Gasteiger partial charge >= 0.3 is 12.0 Å². The van der Waals surface area contributed by atoms with Crippen LogP contribution in [-0.2, 0) is 0 Å². The average Bonchev–Trinajstić information content (AvgIpc) is 3.24. The first kappa shape index (κ1) is 15.0. The first-order valence-corrected chi connectivity index (χ1v) is 7.99. The molecule has 2 aliphatic rings. The van der Waals surface area contributed by atoms with Crippen LogP contribution < -0.4 is 4.74 Å². The van der Waals surface area contributed by atoms with Crippen LogP contribution >= 0.6 is 0 Å². The number of benzene rings is 2. The fourth-order valence-corrected chi connectivity index (χ4v) is 2.62. The Hall–Kier alpha value is -3.52. The van der Waals surface area contributed by atoms with Gasteiger partial charge in [0.2, 0.25) is 23.8 Å². The molecule has 0 radical (unpaired) electrons. The Bertz CT molecular complexity index is 977. The minimum Gasteiger partial charge on any atom is -0.457 e. The van der Waals surface area contributed by atoms with Crippen molar-refractivity contribution in [3.63, 3.8) is 0 Å². The van der Waals surface area contributed by atoms with Gasteiger partial charge in [-0.1, -0.05) is 30.4 Å². The van der Waals surface area contributed by atoms with E-state index in [2.05, 4.69) is 12.0 Å². The molecular formula is C20H18N4O+4. The van der Waals surface area contributed by atoms with Gasteiger partial charge in [-0.25, -0.2) is 0 Å². The maximum atomic E-state index is 6.05. The summed E-state index contributed by atoms with van der Waals surface area (Å²) in [6, 6.07) is 22.2. The molecule has 0 bridgehead atoms. The van der Waals surface area contributed by atoms with E-state index in [1.807, 2.05) is 106 Å². The van der Waals surface area contributed by atoms with Crippen molar-refractivity contribution in [3.8, 4) is 11.5 Å². The largest absolute Gasteiger partial charge is 0.495 e. The van der Waals surface area contributed by atoms with Gasteiger partial charge in [0.25, 0.3) is 12.4 Å². The monoisotopic (exact) mass is 330 g/mol. The van der Waals surface area contributed by atoms with Crippen LogP contribution in [0.25, 0.3) is 0 Å². The van der Waals surface area contributed by atoms with Crippen molar-refractivity contribution in [2.75, 3.05) is 14.1 Å². The molecule has 2 aliphatic heterocycles. The molecule has 0 fully saturated rings. The van der Waals surface area contributed by atoms with Crippen molar-refractivity contribution in [2.45, 2.75) is 0 Å². The van der Waals surface area contributed by atoms with Crippen LogP contribution in [0, 0.1) is 0 Å². The van der Waals surface area contributed by atoms with Gasteiger partial charge in [0.1, 0.15) is 11.5 Å². The lowest BCUT2D eigenvalue weighted by Gasteiger charge is -2.05. The fraction of sp³-hybridized carbons (Fsp3) is 0.100. The molecule has 2 aromatic rings. The molecule has 5 nitrogen and oxygen atoms in total. The van der Waals surface area contributed by atoms with Crippen LogP contribution in [0.15, 0.2) is 73.3 Å². The van der Waals surface area contributed by atoms with Gasteiger partial charge in [0.15, 0.2) is 14.1 Å². The number of hydrogen-bond acceptors (Lipinski definition) is 1. The Labute approximate surface area is 146 Å². The SMILES string of the molecule is C[N+]1=C=[N+](c2cccc(Oc3cccc([N+]4=C=[N+](C)C=C4)c3)c2)C=C1. The molecule has 5 heteroatoms. The normalized spacial score (nSPS) is 15.0. The standard InChI is InChI=1S/C20H18N4O/c1-21-9-11-23(15-21)17-5-3-7-19(13-17)25-20-8-4-6-18(14-20)24-12-10-22(2)16-24/h3-14H,1-2H3/q+4. The van der Waals surface area contributed by atoms with Crippen LogP contribution in [0.2, 0.25) is 0 Å². The third kappa shape index (κ3) is 3.24. The summed E-state index contributed by atoms with van der Waals surface area (Å²) in [6.07, 6.45) is 7.82. The van der Waals surface area contributed by atoms with Crippen molar-refractivity contribution in [2.24, 2.45) is 0 Å². The molecule has 0 aliphatic carbocycles. The first-order valence-electron chi connectivity index (χ1n) is 7.99. The zero-order valence-electron chi connectivity index (χ0n) is 14.1. The van der Waals surface area contributed by atoms with Crippen molar-refractivity contribution >= 4 is 23.4 Å². The highest BCUT2D eigenvalue weighted by atomic mass is 16.5. The minimum atomic E-state index is 0.779. The highest BCUT2D eigenvalue weighted by molar-refractivity contribution is 5.47. The predicted octanol–water partition coefficient (Wildman–Crippen LogP) is 3.37. The zero-order chi connectivity index (χ0) is 17.2. The summed E-state index contributed by atoms with van der Waals surface area (Å²) < 4.78 is 13.7. The summed E-state index contributed by atoms with van der Waals surface area (Å²) in [5.41, 5.74) is 2.00. The van der Waals surface area contributed by atoms with E-state index < -0.39 is 0 Å². The van der Waals surface area contributed by atoms with Crippen LogP contribution in [-0.4, -0.2) is 44.4 Å². The lowest BCUT2D eigenvalue weighted by atomic mass is 10.2. The maximum absolute atomic E-state index is 6.05. The highest BCUT2D eigenvalue weighted by Crippen LogP contribution is 2.28. The molecule has 0 spiro atoms. The molecule has 0 amide bonds. The van der Waals surface area contributed by atoms with Crippen molar-refractivity contribution < 1.29 is 23.0 Å². The number of hydrogen-bond donors (Lipinski definition) is 0. The van der Waals surface area contributed by atoms with Gasteiger partial charge in [-0.05, 0) is 12.1 Å². The molecule has 0 N–H and O–H groups in total. The van der Waals surface area contributed by atoms with E-state index >= 15 is 0 Å². The van der Waals surface area contributed by atoms with E-state index in [1.165, 1.54) is 0 Å². The summed E-state index contributed by atoms with van der Waals surface area (Å²) >= 11 is 0. The van der Waals surface area contributed by atoms with Crippen LogP contribution in [0.4, 0.5) is 11.4 Å². The summed E-state index contributed by atoms with van der Waals surface area (Å²) in [5, 5.41) is 0. The Morgan fingerprint density at radius 3 is 1.56 bits per heavy atom. The van der Waals surface area contributed by atoms with Crippen LogP contribution in [0.3, 0.4) is 0 Å². The molecule has 0 aromatic heterocycles. The maximum Gasteiger partial charge on any atom is 0.495 e. The Morgan fingerprint density at radius 1 is 0.680 bits per heavy atom. The molecule has 2 heterocycles. The molecule has 0 atom stereocenters. The Morgan fingerprint density at radius 2 is 1.16 bits per heavy atom. The second kappa shape index (κ2) is 6.17. The second-order valence-corrected chi connectivity index (χ2v) is 5.85. The summed E-state index contributed by atoms with van der Waals surface area (Å²) in [5.74, 6) is 1.56. The minimum absolute atomic E-state index is 0.779. The quantitative estimate of drug-likeness (QED) is 0.788. The molecule has 0 saturated heterocycles. The van der Waals surface area contributed by atoms with E-state index in [1.54, 1.807) is 0 Å². The molecule has 2 aromatic carbocycles. The van der Waals surface area contributed by atoms with Gasteiger partial charge in [0.05, 0.1) is 12.1 Å². The molecule has 0 unspecified atom stereocenters. The molecule has 25 heavy (non-hydrogen) atoms. The molecule has 0 saturated carbocycles. The third-order valence-electron chi connectivity index (χ3n) is 3.84. The second-order valence-electron chi connectivity index (χ2n) is 5.85. The predicted molar refractivity (Wildman–Crippen MR) is 93.5 cm³/mol. The highest BCUT2D eigenvalue weighted by Gasteiger charge is 2.18. The van der Waals surface area contributed by atoms with Gasteiger partial charge in [0, 0.05) is 12.1 Å². The van der Waals surface area contributed by atoms with Crippen molar-refractivity contribution in [3.05, 3.63) is 73.3 Å². The summed E-state index contributed by atoms with van der Waals surface area (Å²) in [6.45, 7) is 0. The zero-order valence-corrected chi connectivity index (χ0v) is 14.1. The topological polar surface area (TPSA) is 21.3 Å². The lowest BCUT2D eigenvalue weighted by molar-refractivity contribution is -0.429. The van der Waals surface area contributed by atoms with Crippen LogP contribution in [0.1, 0.15) is 0 Å². The number of nitrogens with zero attached hydrogens (tertiary/aromatic N) is 4. The summed E-state index contributed by atoms with van der Waals surface area (Å²) in [7, 11) is 3.89. The third-order valence-corrected chi connectivity index (χ3v) is 3.84. The Kier molecular flexibility index (Phi) is 3.71. The molecule has 4 rings (SSSR count). The van der Waals surface area contributed by atoms with Crippen molar-refractivity contribution in [1.82, 2.24) is 0 Å². The van der Waals surface area contributed by atoms with Crippen molar-refractivity contribution in [1.29, 1.82) is 0 Å². The van der Waals surface area contributed by atoms with Gasteiger partial charge < -0.3 is 4.74 Å². The van der Waals surface area contributed by atoms with Crippen LogP contribution in [0.5, 0.6) is 11.5 Å². The average molecular weight is 330 g/mol. The van der Waals surface area contributed by atoms with E-state index in [0.717, 1.165) is 22.9 Å². The number of rotatable bonds is 4.